The van der Waals surface area contributed by atoms with Crippen molar-refractivity contribution >= 4 is 5.97 Å². The van der Waals surface area contributed by atoms with E-state index in [9.17, 15) is 4.79 Å². The lowest BCUT2D eigenvalue weighted by molar-refractivity contribution is -0.136. The van der Waals surface area contributed by atoms with Gasteiger partial charge in [-0.25, -0.2) is 0 Å². The molecule has 0 saturated heterocycles. The van der Waals surface area contributed by atoms with Gasteiger partial charge in [0.1, 0.15) is 5.76 Å². The van der Waals surface area contributed by atoms with Gasteiger partial charge in [-0.05, 0) is 18.1 Å². The lowest BCUT2D eigenvalue weighted by atomic mass is 10.1. The van der Waals surface area contributed by atoms with Crippen LogP contribution < -0.4 is 0 Å². The number of allylic oxidation sites excluding steroid dienone is 1. The second-order valence-corrected chi connectivity index (χ2v) is 2.57. The van der Waals surface area contributed by atoms with Crippen molar-refractivity contribution in [2.75, 3.05) is 0 Å². The quantitative estimate of drug-likeness (QED) is 0.579. The Hall–Kier alpha value is -1.05. The van der Waals surface area contributed by atoms with Crippen molar-refractivity contribution in [2.45, 2.75) is 26.2 Å². The smallest absolute Gasteiger partial charge is 0.315 e. The van der Waals surface area contributed by atoms with Crippen LogP contribution in [0.4, 0.5) is 0 Å². The van der Waals surface area contributed by atoms with E-state index in [1.165, 1.54) is 0 Å². The number of cyclic esters (lactones) is 1. The molecule has 0 bridgehead atoms. The van der Waals surface area contributed by atoms with Crippen molar-refractivity contribution in [2.24, 2.45) is 0 Å². The first kappa shape index (κ1) is 8.05. The van der Waals surface area contributed by atoms with Crippen molar-refractivity contribution in [1.82, 2.24) is 0 Å². The summed E-state index contributed by atoms with van der Waals surface area (Å²) in [6.07, 6.45) is 4.04. The van der Waals surface area contributed by atoms with Crippen molar-refractivity contribution in [3.63, 3.8) is 0 Å². The summed E-state index contributed by atoms with van der Waals surface area (Å²) in [5, 5.41) is 0. The third-order valence-corrected chi connectivity index (χ3v) is 1.67. The van der Waals surface area contributed by atoms with Gasteiger partial charge in [-0.15, -0.1) is 0 Å². The van der Waals surface area contributed by atoms with E-state index in [1.807, 2.05) is 0 Å². The summed E-state index contributed by atoms with van der Waals surface area (Å²) in [5.74, 6) is 0.528. The van der Waals surface area contributed by atoms with Gasteiger partial charge in [0.15, 0.2) is 0 Å². The maximum atomic E-state index is 10.8. The van der Waals surface area contributed by atoms with E-state index in [1.54, 1.807) is 6.08 Å². The molecule has 1 rings (SSSR count). The molecule has 0 fully saturated rings. The third-order valence-electron chi connectivity index (χ3n) is 1.67. The highest BCUT2D eigenvalue weighted by Gasteiger charge is 2.20. The Morgan fingerprint density at radius 2 is 2.45 bits per heavy atom. The van der Waals surface area contributed by atoms with E-state index in [0.717, 1.165) is 18.4 Å². The van der Waals surface area contributed by atoms with Crippen molar-refractivity contribution in [1.29, 1.82) is 0 Å². The minimum Gasteiger partial charge on any atom is -0.426 e. The molecule has 0 radical (unpaired) electrons. The largest absolute Gasteiger partial charge is 0.426 e. The normalized spacial score (nSPS) is 17.0. The zero-order valence-electron chi connectivity index (χ0n) is 6.72. The van der Waals surface area contributed by atoms with Gasteiger partial charge >= 0.3 is 5.97 Å². The second kappa shape index (κ2) is 3.37. The molecule has 1 aliphatic rings. The Kier molecular flexibility index (Phi) is 2.47. The fraction of sp³-hybridized carbons (Fsp3) is 0.444. The summed E-state index contributed by atoms with van der Waals surface area (Å²) in [4.78, 5) is 10.8. The van der Waals surface area contributed by atoms with Gasteiger partial charge in [-0.2, -0.15) is 0 Å². The molecule has 2 nitrogen and oxygen atoms in total. The first-order valence-electron chi connectivity index (χ1n) is 3.83. The molecule has 0 amide bonds. The molecule has 11 heavy (non-hydrogen) atoms. The summed E-state index contributed by atoms with van der Waals surface area (Å²) in [7, 11) is 0. The Bertz CT molecular complexity index is 214. The lowest BCUT2D eigenvalue weighted by Crippen LogP contribution is -1.91. The molecule has 0 unspecified atom stereocenters. The van der Waals surface area contributed by atoms with Crippen LogP contribution in [0.1, 0.15) is 26.2 Å². The van der Waals surface area contributed by atoms with Crippen LogP contribution >= 0.6 is 0 Å². The van der Waals surface area contributed by atoms with E-state index < -0.39 is 0 Å². The highest BCUT2D eigenvalue weighted by atomic mass is 16.5. The first-order chi connectivity index (χ1) is 5.27. The molecule has 0 spiro atoms. The zero-order chi connectivity index (χ0) is 8.27. The molecule has 2 heteroatoms. The number of esters is 1. The summed E-state index contributed by atoms with van der Waals surface area (Å²) in [6.45, 7) is 5.65. The predicted molar refractivity (Wildman–Crippen MR) is 42.8 cm³/mol. The van der Waals surface area contributed by atoms with Crippen molar-refractivity contribution < 1.29 is 9.53 Å². The molecule has 0 N–H and O–H groups in total. The first-order valence-corrected chi connectivity index (χ1v) is 3.83. The summed E-state index contributed by atoms with van der Waals surface area (Å²) in [5.41, 5.74) is 1.09. The fourth-order valence-corrected chi connectivity index (χ4v) is 1.19. The molecular formula is C9H12O2. The summed E-state index contributed by atoms with van der Waals surface area (Å²) < 4.78 is 4.90. The van der Waals surface area contributed by atoms with Gasteiger partial charge in [-0.1, -0.05) is 19.9 Å². The maximum absolute atomic E-state index is 10.8. The molecule has 0 aliphatic carbocycles. The van der Waals surface area contributed by atoms with Gasteiger partial charge in [-0.3, -0.25) is 4.79 Å². The van der Waals surface area contributed by atoms with Crippen LogP contribution in [0.25, 0.3) is 0 Å². The molecule has 0 aromatic carbocycles. The average molecular weight is 152 g/mol. The van der Waals surface area contributed by atoms with Crippen LogP contribution in [0, 0.1) is 0 Å². The summed E-state index contributed by atoms with van der Waals surface area (Å²) in [6, 6.07) is 0. The highest BCUT2D eigenvalue weighted by Crippen LogP contribution is 2.24. The number of ether oxygens (including phenoxy) is 1. The number of hydrogen-bond donors (Lipinski definition) is 0. The van der Waals surface area contributed by atoms with Crippen LogP contribution in [0.5, 0.6) is 0 Å². The topological polar surface area (TPSA) is 26.3 Å². The average Bonchev–Trinajstić information content (AvgIpc) is 2.32. The Balaban J connectivity index is 2.70. The number of hydrogen-bond acceptors (Lipinski definition) is 2. The Morgan fingerprint density at radius 3 is 3.00 bits per heavy atom. The standard InChI is InChI=1S/C9H12O2/c1-3-5-7-6-9(10)11-8(7)4-2/h4H,2-3,5-6H2,1H3. The molecule has 0 saturated carbocycles. The van der Waals surface area contributed by atoms with Gasteiger partial charge in [0.25, 0.3) is 0 Å². The second-order valence-electron chi connectivity index (χ2n) is 2.57. The van der Waals surface area contributed by atoms with Crippen LogP contribution in [0.15, 0.2) is 24.0 Å². The molecule has 1 aliphatic heterocycles. The van der Waals surface area contributed by atoms with Crippen LogP contribution in [-0.2, 0) is 9.53 Å². The van der Waals surface area contributed by atoms with E-state index in [2.05, 4.69) is 13.5 Å². The Labute approximate surface area is 66.5 Å². The van der Waals surface area contributed by atoms with Gasteiger partial charge in [0, 0.05) is 0 Å². The van der Waals surface area contributed by atoms with E-state index in [4.69, 9.17) is 4.74 Å². The van der Waals surface area contributed by atoms with E-state index >= 15 is 0 Å². The van der Waals surface area contributed by atoms with Crippen LogP contribution in [0.2, 0.25) is 0 Å². The fourth-order valence-electron chi connectivity index (χ4n) is 1.19. The van der Waals surface area contributed by atoms with Crippen LogP contribution in [-0.4, -0.2) is 5.97 Å². The lowest BCUT2D eigenvalue weighted by Gasteiger charge is -1.96. The molecule has 0 aromatic heterocycles. The molecule has 1 heterocycles. The van der Waals surface area contributed by atoms with Gasteiger partial charge in [0.05, 0.1) is 6.42 Å². The van der Waals surface area contributed by atoms with Crippen molar-refractivity contribution in [3.8, 4) is 0 Å². The number of rotatable bonds is 3. The SMILES string of the molecule is C=CC1=C(CCC)CC(=O)O1. The van der Waals surface area contributed by atoms with Gasteiger partial charge < -0.3 is 4.74 Å². The zero-order valence-corrected chi connectivity index (χ0v) is 6.72. The third kappa shape index (κ3) is 1.70. The summed E-state index contributed by atoms with van der Waals surface area (Å²) >= 11 is 0. The van der Waals surface area contributed by atoms with Crippen LogP contribution in [0.3, 0.4) is 0 Å². The Morgan fingerprint density at radius 1 is 1.73 bits per heavy atom. The maximum Gasteiger partial charge on any atom is 0.315 e. The molecule has 0 atom stereocenters. The predicted octanol–water partition coefficient (Wildman–Crippen LogP) is 2.17. The van der Waals surface area contributed by atoms with E-state index in [-0.39, 0.29) is 5.97 Å². The minimum absolute atomic E-state index is 0.150. The minimum atomic E-state index is -0.150. The molecule has 0 aromatic rings. The monoisotopic (exact) mass is 152 g/mol. The highest BCUT2D eigenvalue weighted by molar-refractivity contribution is 5.77. The number of carbonyl (C=O) groups excluding carboxylic acids is 1. The molecular weight excluding hydrogens is 140 g/mol. The van der Waals surface area contributed by atoms with Gasteiger partial charge in [0.2, 0.25) is 0 Å². The van der Waals surface area contributed by atoms with E-state index in [0.29, 0.717) is 12.2 Å². The van der Waals surface area contributed by atoms with Crippen molar-refractivity contribution in [3.05, 3.63) is 24.0 Å². The number of carbonyl (C=O) groups is 1. The molecule has 60 valence electrons.